The molecular weight excluding hydrogens is 140 g/mol. The molecule has 2 N–H and O–H groups in total. The van der Waals surface area contributed by atoms with Crippen LogP contribution in [-0.4, -0.2) is 18.7 Å². The Hall–Kier alpha value is -0.730. The van der Waals surface area contributed by atoms with Crippen molar-refractivity contribution in [3.8, 4) is 0 Å². The van der Waals surface area contributed by atoms with Gasteiger partial charge in [-0.25, -0.2) is 4.99 Å². The van der Waals surface area contributed by atoms with Gasteiger partial charge >= 0.3 is 0 Å². The molecule has 3 heteroatoms. The van der Waals surface area contributed by atoms with E-state index >= 15 is 0 Å². The van der Waals surface area contributed by atoms with E-state index in [0.717, 1.165) is 12.5 Å². The van der Waals surface area contributed by atoms with Crippen LogP contribution in [-0.2, 0) is 4.74 Å². The fraction of sp³-hybridized carbons (Fsp3) is 0.875. The molecule has 0 aromatic carbocycles. The predicted octanol–water partition coefficient (Wildman–Crippen LogP) is 0.890. The first-order valence-corrected chi connectivity index (χ1v) is 4.33. The number of rotatable bonds is 1. The summed E-state index contributed by atoms with van der Waals surface area (Å²) in [6, 6.07) is 0.391. The first-order valence-electron chi connectivity index (χ1n) is 4.33. The Morgan fingerprint density at radius 3 is 2.64 bits per heavy atom. The second-order valence-electron chi connectivity index (χ2n) is 3.38. The molecule has 2 aliphatic rings. The van der Waals surface area contributed by atoms with Crippen LogP contribution in [0.5, 0.6) is 0 Å². The third kappa shape index (κ3) is 1.32. The van der Waals surface area contributed by atoms with Crippen LogP contribution in [0.25, 0.3) is 0 Å². The van der Waals surface area contributed by atoms with Crippen molar-refractivity contribution in [1.82, 2.24) is 0 Å². The van der Waals surface area contributed by atoms with Gasteiger partial charge in [0, 0.05) is 0 Å². The molecule has 3 nitrogen and oxygen atoms in total. The molecule has 1 unspecified atom stereocenters. The Labute approximate surface area is 66.6 Å². The maximum atomic E-state index is 5.42. The minimum Gasteiger partial charge on any atom is -0.460 e. The number of hydrogen-bond donors (Lipinski definition) is 1. The summed E-state index contributed by atoms with van der Waals surface area (Å²) in [5, 5.41) is 0. The molecule has 1 heterocycles. The molecule has 0 spiro atoms. The number of aliphatic imine (C=N–C) groups is 1. The van der Waals surface area contributed by atoms with Gasteiger partial charge in [0.25, 0.3) is 6.02 Å². The molecule has 11 heavy (non-hydrogen) atoms. The second-order valence-corrected chi connectivity index (χ2v) is 3.38. The summed E-state index contributed by atoms with van der Waals surface area (Å²) in [5.41, 5.74) is 5.42. The van der Waals surface area contributed by atoms with Crippen molar-refractivity contribution in [2.75, 3.05) is 6.54 Å². The minimum atomic E-state index is 0.303. The average molecular weight is 154 g/mol. The third-order valence-corrected chi connectivity index (χ3v) is 2.62. The standard InChI is InChI=1S/C8H14N2O/c9-8-10-5-7(11-8)6-3-1-2-4-6/h6-7H,1-5H2,(H2,9,10). The zero-order chi connectivity index (χ0) is 7.68. The molecule has 0 aromatic heterocycles. The number of hydrogen-bond acceptors (Lipinski definition) is 3. The Morgan fingerprint density at radius 1 is 1.36 bits per heavy atom. The van der Waals surface area contributed by atoms with Gasteiger partial charge in [-0.15, -0.1) is 0 Å². The zero-order valence-corrected chi connectivity index (χ0v) is 6.62. The molecule has 1 saturated carbocycles. The summed E-state index contributed by atoms with van der Waals surface area (Å²) < 4.78 is 5.37. The number of nitrogens with zero attached hydrogens (tertiary/aromatic N) is 1. The fourth-order valence-electron chi connectivity index (χ4n) is 1.98. The first kappa shape index (κ1) is 6.95. The van der Waals surface area contributed by atoms with Crippen LogP contribution in [0, 0.1) is 5.92 Å². The molecule has 1 aliphatic heterocycles. The van der Waals surface area contributed by atoms with Crippen LogP contribution in [0.3, 0.4) is 0 Å². The maximum absolute atomic E-state index is 5.42. The smallest absolute Gasteiger partial charge is 0.282 e. The van der Waals surface area contributed by atoms with Crippen molar-refractivity contribution < 1.29 is 4.74 Å². The third-order valence-electron chi connectivity index (χ3n) is 2.62. The lowest BCUT2D eigenvalue weighted by atomic mass is 10.0. The summed E-state index contributed by atoms with van der Waals surface area (Å²) in [6.07, 6.45) is 5.60. The van der Waals surface area contributed by atoms with E-state index < -0.39 is 0 Å². The van der Waals surface area contributed by atoms with Crippen LogP contribution in [0.4, 0.5) is 0 Å². The van der Waals surface area contributed by atoms with E-state index in [9.17, 15) is 0 Å². The molecule has 0 saturated heterocycles. The molecule has 0 aromatic rings. The molecule has 1 fully saturated rings. The lowest BCUT2D eigenvalue weighted by molar-refractivity contribution is 0.152. The lowest BCUT2D eigenvalue weighted by Gasteiger charge is -2.16. The minimum absolute atomic E-state index is 0.303. The highest BCUT2D eigenvalue weighted by Crippen LogP contribution is 2.30. The Bertz CT molecular complexity index is 173. The van der Waals surface area contributed by atoms with E-state index in [-0.39, 0.29) is 0 Å². The molecule has 0 bridgehead atoms. The van der Waals surface area contributed by atoms with Gasteiger partial charge in [0.2, 0.25) is 0 Å². The first-order chi connectivity index (χ1) is 5.36. The van der Waals surface area contributed by atoms with Crippen LogP contribution in [0.1, 0.15) is 25.7 Å². The largest absolute Gasteiger partial charge is 0.460 e. The fourth-order valence-corrected chi connectivity index (χ4v) is 1.98. The van der Waals surface area contributed by atoms with Gasteiger partial charge in [-0.1, -0.05) is 12.8 Å². The van der Waals surface area contributed by atoms with Gasteiger partial charge in [0.15, 0.2) is 0 Å². The molecule has 0 radical (unpaired) electrons. The summed E-state index contributed by atoms with van der Waals surface area (Å²) in [7, 11) is 0. The van der Waals surface area contributed by atoms with Gasteiger partial charge in [0.1, 0.15) is 6.10 Å². The highest BCUT2D eigenvalue weighted by Gasteiger charge is 2.29. The average Bonchev–Trinajstić information content (AvgIpc) is 2.55. The van der Waals surface area contributed by atoms with Crippen molar-refractivity contribution in [1.29, 1.82) is 0 Å². The molecule has 2 rings (SSSR count). The summed E-state index contributed by atoms with van der Waals surface area (Å²) in [6.45, 7) is 0.788. The van der Waals surface area contributed by atoms with Crippen LogP contribution in [0.15, 0.2) is 4.99 Å². The van der Waals surface area contributed by atoms with Gasteiger partial charge in [0.05, 0.1) is 6.54 Å². The van der Waals surface area contributed by atoms with E-state index in [4.69, 9.17) is 10.5 Å². The van der Waals surface area contributed by atoms with E-state index in [1.54, 1.807) is 0 Å². The van der Waals surface area contributed by atoms with Crippen molar-refractivity contribution in [3.63, 3.8) is 0 Å². The SMILES string of the molecule is NC1=NCC(C2CCCC2)O1. The molecule has 1 aliphatic carbocycles. The van der Waals surface area contributed by atoms with E-state index in [2.05, 4.69) is 4.99 Å². The Balaban J connectivity index is 1.88. The van der Waals surface area contributed by atoms with Crippen LogP contribution < -0.4 is 5.73 Å². The lowest BCUT2D eigenvalue weighted by Crippen LogP contribution is -2.24. The van der Waals surface area contributed by atoms with E-state index in [1.165, 1.54) is 25.7 Å². The summed E-state index contributed by atoms with van der Waals surface area (Å²) in [5.74, 6) is 0.722. The van der Waals surface area contributed by atoms with Crippen LogP contribution >= 0.6 is 0 Å². The van der Waals surface area contributed by atoms with Crippen molar-refractivity contribution >= 4 is 6.02 Å². The quantitative estimate of drug-likeness (QED) is 0.609. The van der Waals surface area contributed by atoms with E-state index in [0.29, 0.717) is 12.1 Å². The summed E-state index contributed by atoms with van der Waals surface area (Å²) in [4.78, 5) is 4.03. The van der Waals surface area contributed by atoms with Gasteiger partial charge in [-0.3, -0.25) is 0 Å². The monoisotopic (exact) mass is 154 g/mol. The van der Waals surface area contributed by atoms with Gasteiger partial charge in [-0.05, 0) is 18.8 Å². The number of ether oxygens (including phenoxy) is 1. The van der Waals surface area contributed by atoms with E-state index in [1.807, 2.05) is 0 Å². The second kappa shape index (κ2) is 2.72. The Kier molecular flexibility index (Phi) is 1.72. The van der Waals surface area contributed by atoms with Gasteiger partial charge < -0.3 is 10.5 Å². The maximum Gasteiger partial charge on any atom is 0.282 e. The topological polar surface area (TPSA) is 47.6 Å². The molecular formula is C8H14N2O. The normalized spacial score (nSPS) is 32.0. The zero-order valence-electron chi connectivity index (χ0n) is 6.62. The van der Waals surface area contributed by atoms with Crippen molar-refractivity contribution in [2.24, 2.45) is 16.6 Å². The van der Waals surface area contributed by atoms with Crippen molar-refractivity contribution in [3.05, 3.63) is 0 Å². The number of amidine groups is 1. The highest BCUT2D eigenvalue weighted by atomic mass is 16.5. The summed E-state index contributed by atoms with van der Waals surface area (Å²) >= 11 is 0. The highest BCUT2D eigenvalue weighted by molar-refractivity contribution is 5.73. The molecule has 0 amide bonds. The number of nitrogens with two attached hydrogens (primary N) is 1. The van der Waals surface area contributed by atoms with Crippen molar-refractivity contribution in [2.45, 2.75) is 31.8 Å². The Morgan fingerprint density at radius 2 is 2.09 bits per heavy atom. The van der Waals surface area contributed by atoms with Crippen LogP contribution in [0.2, 0.25) is 0 Å². The molecule has 62 valence electrons. The molecule has 1 atom stereocenters. The predicted molar refractivity (Wildman–Crippen MR) is 43.3 cm³/mol. The van der Waals surface area contributed by atoms with Gasteiger partial charge in [-0.2, -0.15) is 0 Å².